The summed E-state index contributed by atoms with van der Waals surface area (Å²) >= 11 is 6.28. The highest BCUT2D eigenvalue weighted by atomic mass is 35.5. The lowest BCUT2D eigenvalue weighted by Gasteiger charge is -2.10. The average molecular weight is 468 g/mol. The molecule has 0 aliphatic rings. The molecule has 0 aliphatic heterocycles. The van der Waals surface area contributed by atoms with Crippen molar-refractivity contribution in [3.63, 3.8) is 0 Å². The van der Waals surface area contributed by atoms with Crippen LogP contribution in [0.1, 0.15) is 11.4 Å². The number of hydrogen-bond acceptors (Lipinski definition) is 6. The summed E-state index contributed by atoms with van der Waals surface area (Å²) in [6.45, 7) is 3.90. The Morgan fingerprint density at radius 2 is 1.59 bits per heavy atom. The van der Waals surface area contributed by atoms with Crippen LogP contribution in [-0.2, 0) is 0 Å². The molecule has 8 heteroatoms. The monoisotopic (exact) mass is 467 g/mol. The number of benzene rings is 2. The number of nitrogens with zero attached hydrogens (tertiary/aromatic N) is 5. The Morgan fingerprint density at radius 1 is 0.794 bits per heavy atom. The molecular formula is C26H22ClN7. The molecule has 5 rings (SSSR count). The van der Waals surface area contributed by atoms with Crippen molar-refractivity contribution in [2.75, 3.05) is 10.6 Å². The second-order valence-electron chi connectivity index (χ2n) is 7.92. The Hall–Kier alpha value is -4.23. The zero-order valence-corrected chi connectivity index (χ0v) is 19.5. The van der Waals surface area contributed by atoms with Crippen LogP contribution < -0.4 is 10.6 Å². The first-order valence-corrected chi connectivity index (χ1v) is 11.1. The molecule has 0 amide bonds. The van der Waals surface area contributed by atoms with Gasteiger partial charge < -0.3 is 10.6 Å². The number of aromatic nitrogens is 5. The van der Waals surface area contributed by atoms with Crippen molar-refractivity contribution >= 4 is 34.4 Å². The van der Waals surface area contributed by atoms with E-state index in [4.69, 9.17) is 11.6 Å². The molecule has 0 bridgehead atoms. The number of nitrogens with one attached hydrogen (secondary N) is 2. The van der Waals surface area contributed by atoms with Gasteiger partial charge in [0.25, 0.3) is 0 Å². The molecule has 34 heavy (non-hydrogen) atoms. The highest BCUT2D eigenvalue weighted by molar-refractivity contribution is 6.33. The maximum absolute atomic E-state index is 6.28. The van der Waals surface area contributed by atoms with E-state index in [0.717, 1.165) is 51.1 Å². The fraction of sp³-hybridized carbons (Fsp3) is 0.0769. The highest BCUT2D eigenvalue weighted by Gasteiger charge is 2.08. The molecule has 0 fully saturated rings. The van der Waals surface area contributed by atoms with Gasteiger partial charge in [0.2, 0.25) is 0 Å². The van der Waals surface area contributed by atoms with Gasteiger partial charge >= 0.3 is 0 Å². The molecule has 5 aromatic rings. The molecule has 0 saturated heterocycles. The van der Waals surface area contributed by atoms with Gasteiger partial charge in [-0.25, -0.2) is 4.68 Å². The molecular weight excluding hydrogens is 446 g/mol. The third-order valence-electron chi connectivity index (χ3n) is 5.24. The predicted molar refractivity (Wildman–Crippen MR) is 136 cm³/mol. The summed E-state index contributed by atoms with van der Waals surface area (Å²) in [6.07, 6.45) is 5.35. The van der Waals surface area contributed by atoms with Crippen LogP contribution in [0.2, 0.25) is 5.02 Å². The molecule has 7 nitrogen and oxygen atoms in total. The molecule has 0 spiro atoms. The third kappa shape index (κ3) is 4.89. The van der Waals surface area contributed by atoms with E-state index in [2.05, 4.69) is 30.9 Å². The number of halogens is 1. The summed E-state index contributed by atoms with van der Waals surface area (Å²) < 4.78 is 1.76. The van der Waals surface area contributed by atoms with Crippen LogP contribution in [0.5, 0.6) is 0 Å². The molecule has 0 atom stereocenters. The van der Waals surface area contributed by atoms with Crippen molar-refractivity contribution in [2.45, 2.75) is 13.8 Å². The predicted octanol–water partition coefficient (Wildman–Crippen LogP) is 6.48. The summed E-state index contributed by atoms with van der Waals surface area (Å²) in [6, 6.07) is 21.9. The molecule has 2 N–H and O–H groups in total. The van der Waals surface area contributed by atoms with Gasteiger partial charge in [0, 0.05) is 46.4 Å². The number of anilines is 4. The lowest BCUT2D eigenvalue weighted by atomic mass is 10.1. The van der Waals surface area contributed by atoms with Crippen molar-refractivity contribution in [3.05, 3.63) is 102 Å². The van der Waals surface area contributed by atoms with Crippen LogP contribution >= 0.6 is 11.6 Å². The molecule has 0 unspecified atom stereocenters. The summed E-state index contributed by atoms with van der Waals surface area (Å²) in [5.74, 6) is 0. The van der Waals surface area contributed by atoms with Gasteiger partial charge in [0.05, 0.1) is 22.6 Å². The number of pyridine rings is 2. The fourth-order valence-electron chi connectivity index (χ4n) is 3.56. The van der Waals surface area contributed by atoms with E-state index in [0.29, 0.717) is 5.02 Å². The minimum Gasteiger partial charge on any atom is -0.355 e. The summed E-state index contributed by atoms with van der Waals surface area (Å²) in [5.41, 5.74) is 8.20. The van der Waals surface area contributed by atoms with Gasteiger partial charge in [-0.15, -0.1) is 5.10 Å². The second-order valence-corrected chi connectivity index (χ2v) is 8.32. The van der Waals surface area contributed by atoms with E-state index in [-0.39, 0.29) is 0 Å². The van der Waals surface area contributed by atoms with Crippen molar-refractivity contribution in [2.24, 2.45) is 0 Å². The highest BCUT2D eigenvalue weighted by Crippen LogP contribution is 2.28. The van der Waals surface area contributed by atoms with Gasteiger partial charge in [-0.2, -0.15) is 0 Å². The van der Waals surface area contributed by atoms with Crippen LogP contribution in [0, 0.1) is 13.8 Å². The maximum Gasteiger partial charge on any atom is 0.113 e. The quantitative estimate of drug-likeness (QED) is 0.297. The first-order valence-electron chi connectivity index (χ1n) is 10.8. The first-order chi connectivity index (χ1) is 16.5. The number of rotatable bonds is 6. The number of hydrogen-bond donors (Lipinski definition) is 2. The lowest BCUT2D eigenvalue weighted by Crippen LogP contribution is -1.96. The second kappa shape index (κ2) is 9.33. The summed E-state index contributed by atoms with van der Waals surface area (Å²) in [5, 5.41) is 16.0. The minimum absolute atomic E-state index is 0.568. The van der Waals surface area contributed by atoms with Crippen molar-refractivity contribution in [1.29, 1.82) is 0 Å². The van der Waals surface area contributed by atoms with E-state index in [9.17, 15) is 0 Å². The maximum atomic E-state index is 6.28. The zero-order valence-electron chi connectivity index (χ0n) is 18.7. The van der Waals surface area contributed by atoms with Gasteiger partial charge in [-0.3, -0.25) is 9.97 Å². The molecule has 0 aliphatic carbocycles. The topological polar surface area (TPSA) is 80.5 Å². The van der Waals surface area contributed by atoms with Gasteiger partial charge in [0.1, 0.15) is 5.69 Å². The van der Waals surface area contributed by atoms with E-state index in [1.54, 1.807) is 17.1 Å². The molecule has 168 valence electrons. The van der Waals surface area contributed by atoms with E-state index < -0.39 is 0 Å². The van der Waals surface area contributed by atoms with Crippen LogP contribution in [0.3, 0.4) is 0 Å². The van der Waals surface area contributed by atoms with E-state index in [1.807, 2.05) is 86.8 Å². The summed E-state index contributed by atoms with van der Waals surface area (Å²) in [7, 11) is 0. The Labute approximate surface area is 202 Å². The standard InChI is InChI=1S/C26H22ClN7/c1-17-12-22(10-11-28-17)30-20-6-8-23(9-7-20)34-16-26(32-33-34)19-4-3-5-21(14-19)31-25-13-18(2)29-15-24(25)27/h3-16H,1-2H3,(H,28,30)(H,29,31). The van der Waals surface area contributed by atoms with Gasteiger partial charge in [0.15, 0.2) is 0 Å². The molecule has 3 heterocycles. The first kappa shape index (κ1) is 21.6. The minimum atomic E-state index is 0.568. The van der Waals surface area contributed by atoms with Crippen LogP contribution in [0.4, 0.5) is 22.7 Å². The van der Waals surface area contributed by atoms with Crippen molar-refractivity contribution < 1.29 is 0 Å². The van der Waals surface area contributed by atoms with Crippen LogP contribution in [-0.4, -0.2) is 25.0 Å². The smallest absolute Gasteiger partial charge is 0.113 e. The summed E-state index contributed by atoms with van der Waals surface area (Å²) in [4.78, 5) is 8.43. The van der Waals surface area contributed by atoms with Gasteiger partial charge in [-0.05, 0) is 68.4 Å². The Morgan fingerprint density at radius 3 is 2.41 bits per heavy atom. The average Bonchev–Trinajstić information content (AvgIpc) is 3.33. The molecule has 3 aromatic heterocycles. The van der Waals surface area contributed by atoms with Crippen molar-refractivity contribution in [3.8, 4) is 16.9 Å². The fourth-order valence-corrected chi connectivity index (χ4v) is 3.71. The van der Waals surface area contributed by atoms with E-state index >= 15 is 0 Å². The largest absolute Gasteiger partial charge is 0.355 e. The Balaban J connectivity index is 1.33. The lowest BCUT2D eigenvalue weighted by molar-refractivity contribution is 0.804. The van der Waals surface area contributed by atoms with Crippen molar-refractivity contribution in [1.82, 2.24) is 25.0 Å². The van der Waals surface area contributed by atoms with Gasteiger partial charge in [-0.1, -0.05) is 28.9 Å². The third-order valence-corrected chi connectivity index (χ3v) is 5.54. The number of aryl methyl sites for hydroxylation is 2. The SMILES string of the molecule is Cc1cc(Nc2ccc(-n3cc(-c4cccc(Nc5cc(C)ncc5Cl)c4)nn3)cc2)ccn1. The van der Waals surface area contributed by atoms with Crippen LogP contribution in [0.25, 0.3) is 16.9 Å². The Bertz CT molecular complexity index is 1440. The zero-order chi connectivity index (χ0) is 23.5. The molecule has 0 saturated carbocycles. The molecule has 2 aromatic carbocycles. The van der Waals surface area contributed by atoms with Crippen LogP contribution in [0.15, 0.2) is 85.3 Å². The normalized spacial score (nSPS) is 10.8. The Kier molecular flexibility index (Phi) is 5.93. The molecule has 0 radical (unpaired) electrons. The van der Waals surface area contributed by atoms with E-state index in [1.165, 1.54) is 0 Å².